The zero-order valence-corrected chi connectivity index (χ0v) is 21.1. The van der Waals surface area contributed by atoms with Crippen molar-refractivity contribution in [2.45, 2.75) is 63.3 Å². The van der Waals surface area contributed by atoms with Crippen LogP contribution in [0, 0.1) is 18.8 Å². The summed E-state index contributed by atoms with van der Waals surface area (Å²) >= 11 is 0. The van der Waals surface area contributed by atoms with Gasteiger partial charge in [0, 0.05) is 42.3 Å². The first kappa shape index (κ1) is 23.9. The molecule has 1 aliphatic carbocycles. The molecule has 5 rings (SSSR count). The van der Waals surface area contributed by atoms with Crippen molar-refractivity contribution in [2.24, 2.45) is 11.8 Å². The van der Waals surface area contributed by atoms with Crippen LogP contribution in [0.25, 0.3) is 0 Å². The molecule has 3 heterocycles. The zero-order chi connectivity index (χ0) is 24.7. The molecule has 35 heavy (non-hydrogen) atoms. The van der Waals surface area contributed by atoms with Crippen LogP contribution in [-0.4, -0.2) is 48.7 Å². The molecule has 1 N–H and O–H groups in total. The third kappa shape index (κ3) is 4.59. The fourth-order valence-electron chi connectivity index (χ4n) is 5.30. The molecule has 2 fully saturated rings. The van der Waals surface area contributed by atoms with E-state index >= 15 is 0 Å². The molecule has 1 aromatic heterocycles. The monoisotopic (exact) mass is 496 g/mol. The molecule has 2 aromatic rings. The summed E-state index contributed by atoms with van der Waals surface area (Å²) in [6.07, 6.45) is 4.57. The lowest BCUT2D eigenvalue weighted by atomic mass is 9.84. The van der Waals surface area contributed by atoms with Crippen LogP contribution in [-0.2, 0) is 26.0 Å². The lowest BCUT2D eigenvalue weighted by molar-refractivity contribution is -0.125. The highest BCUT2D eigenvalue weighted by molar-refractivity contribution is 7.89. The highest BCUT2D eigenvalue weighted by Gasteiger charge is 2.38. The normalized spacial score (nSPS) is 21.4. The number of benzene rings is 1. The third-order valence-electron chi connectivity index (χ3n) is 7.56. The van der Waals surface area contributed by atoms with Crippen molar-refractivity contribution in [3.63, 3.8) is 0 Å². The average molecular weight is 497 g/mol. The number of fused-ring (bicyclic) bond motifs is 1. The minimum absolute atomic E-state index is 0.0354. The number of nitrogens with zero attached hydrogens (tertiary/aromatic N) is 3. The van der Waals surface area contributed by atoms with Crippen LogP contribution in [0.1, 0.15) is 50.3 Å². The molecule has 186 valence electrons. The van der Waals surface area contributed by atoms with Gasteiger partial charge in [0.2, 0.25) is 21.8 Å². The Morgan fingerprint density at radius 2 is 1.77 bits per heavy atom. The van der Waals surface area contributed by atoms with E-state index in [1.807, 2.05) is 30.9 Å². The molecule has 0 radical (unpaired) electrons. The number of rotatable bonds is 5. The standard InChI is InChI=1S/C26H32N4O4S/c1-17-5-3-8-24(27-17)28-25(31)19-11-13-29(14-12-19)35(33,34)22-9-10-23-21(16-22)15-18(2)30(23)26(32)20-6-4-7-20/h3,5,8-10,16,18-20H,4,6-7,11-15H2,1-2H3,(H,27,28,31). The van der Waals surface area contributed by atoms with Gasteiger partial charge < -0.3 is 10.2 Å². The van der Waals surface area contributed by atoms with Crippen molar-refractivity contribution in [2.75, 3.05) is 23.3 Å². The third-order valence-corrected chi connectivity index (χ3v) is 9.46. The first-order chi connectivity index (χ1) is 16.7. The van der Waals surface area contributed by atoms with E-state index in [9.17, 15) is 18.0 Å². The molecule has 0 spiro atoms. The number of pyridine rings is 1. The summed E-state index contributed by atoms with van der Waals surface area (Å²) in [6.45, 7) is 4.47. The van der Waals surface area contributed by atoms with E-state index in [0.29, 0.717) is 38.2 Å². The molecule has 2 aliphatic heterocycles. The molecule has 1 saturated carbocycles. The Morgan fingerprint density at radius 1 is 1.03 bits per heavy atom. The molecule has 1 aromatic carbocycles. The van der Waals surface area contributed by atoms with Crippen LogP contribution in [0.2, 0.25) is 0 Å². The van der Waals surface area contributed by atoms with Gasteiger partial charge >= 0.3 is 0 Å². The van der Waals surface area contributed by atoms with Gasteiger partial charge in [-0.25, -0.2) is 13.4 Å². The Balaban J connectivity index is 1.25. The van der Waals surface area contributed by atoms with Crippen molar-refractivity contribution in [3.05, 3.63) is 47.7 Å². The second-order valence-electron chi connectivity index (χ2n) is 10.0. The van der Waals surface area contributed by atoms with Crippen molar-refractivity contribution in [1.29, 1.82) is 0 Å². The van der Waals surface area contributed by atoms with Crippen molar-refractivity contribution >= 4 is 33.3 Å². The van der Waals surface area contributed by atoms with Gasteiger partial charge in [-0.15, -0.1) is 0 Å². The summed E-state index contributed by atoms with van der Waals surface area (Å²) < 4.78 is 28.2. The van der Waals surface area contributed by atoms with Gasteiger partial charge in [0.1, 0.15) is 5.82 Å². The van der Waals surface area contributed by atoms with Gasteiger partial charge in [0.15, 0.2) is 0 Å². The molecular weight excluding hydrogens is 464 g/mol. The Hall–Kier alpha value is -2.78. The maximum Gasteiger partial charge on any atom is 0.243 e. The number of hydrogen-bond donors (Lipinski definition) is 1. The van der Waals surface area contributed by atoms with E-state index < -0.39 is 10.0 Å². The first-order valence-electron chi connectivity index (χ1n) is 12.4. The summed E-state index contributed by atoms with van der Waals surface area (Å²) in [5.41, 5.74) is 2.57. The van der Waals surface area contributed by atoms with Gasteiger partial charge in [-0.3, -0.25) is 9.59 Å². The number of carbonyl (C=O) groups excluding carboxylic acids is 2. The molecular formula is C26H32N4O4S. The highest BCUT2D eigenvalue weighted by Crippen LogP contribution is 2.38. The second kappa shape index (κ2) is 9.35. The molecule has 1 unspecified atom stereocenters. The molecule has 3 aliphatic rings. The van der Waals surface area contributed by atoms with Gasteiger partial charge in [-0.1, -0.05) is 12.5 Å². The minimum Gasteiger partial charge on any atom is -0.310 e. The van der Waals surface area contributed by atoms with Crippen molar-refractivity contribution < 1.29 is 18.0 Å². The Bertz CT molecular complexity index is 1250. The van der Waals surface area contributed by atoms with Gasteiger partial charge in [-0.2, -0.15) is 4.31 Å². The Labute approximate surface area is 206 Å². The van der Waals surface area contributed by atoms with Crippen molar-refractivity contribution in [1.82, 2.24) is 9.29 Å². The summed E-state index contributed by atoms with van der Waals surface area (Å²) in [7, 11) is -3.68. The number of nitrogens with one attached hydrogen (secondary N) is 1. The largest absolute Gasteiger partial charge is 0.310 e. The van der Waals surface area contributed by atoms with E-state index in [4.69, 9.17) is 0 Å². The van der Waals surface area contributed by atoms with Gasteiger partial charge in [-0.05, 0) is 81.8 Å². The topological polar surface area (TPSA) is 99.7 Å². The molecule has 9 heteroatoms. The highest BCUT2D eigenvalue weighted by atomic mass is 32.2. The number of carbonyl (C=O) groups is 2. The summed E-state index contributed by atoms with van der Waals surface area (Å²) in [5, 5.41) is 2.85. The molecule has 8 nitrogen and oxygen atoms in total. The van der Waals surface area contributed by atoms with E-state index in [-0.39, 0.29) is 34.6 Å². The summed E-state index contributed by atoms with van der Waals surface area (Å²) in [6, 6.07) is 10.6. The molecule has 0 bridgehead atoms. The number of anilines is 2. The Morgan fingerprint density at radius 3 is 2.43 bits per heavy atom. The van der Waals surface area contributed by atoms with E-state index in [1.165, 1.54) is 4.31 Å². The fourth-order valence-corrected chi connectivity index (χ4v) is 6.82. The van der Waals surface area contributed by atoms with Gasteiger partial charge in [0.05, 0.1) is 4.90 Å². The van der Waals surface area contributed by atoms with Gasteiger partial charge in [0.25, 0.3) is 0 Å². The van der Waals surface area contributed by atoms with Crippen LogP contribution < -0.4 is 10.2 Å². The number of aryl methyl sites for hydroxylation is 1. The first-order valence-corrected chi connectivity index (χ1v) is 13.9. The second-order valence-corrected chi connectivity index (χ2v) is 11.9. The smallest absolute Gasteiger partial charge is 0.243 e. The fraction of sp³-hybridized carbons (Fsp3) is 0.500. The molecule has 1 saturated heterocycles. The summed E-state index contributed by atoms with van der Waals surface area (Å²) in [4.78, 5) is 32.0. The van der Waals surface area contributed by atoms with Crippen LogP contribution >= 0.6 is 0 Å². The SMILES string of the molecule is Cc1cccc(NC(=O)C2CCN(S(=O)(=O)c3ccc4c(c3)CC(C)N4C(=O)C3CCC3)CC2)n1. The number of piperidine rings is 1. The lowest BCUT2D eigenvalue weighted by Crippen LogP contribution is -2.42. The minimum atomic E-state index is -3.68. The average Bonchev–Trinajstić information content (AvgIpc) is 3.13. The van der Waals surface area contributed by atoms with Crippen LogP contribution in [0.4, 0.5) is 11.5 Å². The quantitative estimate of drug-likeness (QED) is 0.683. The number of hydrogen-bond acceptors (Lipinski definition) is 5. The zero-order valence-electron chi connectivity index (χ0n) is 20.2. The maximum atomic E-state index is 13.4. The maximum absolute atomic E-state index is 13.4. The van der Waals surface area contributed by atoms with Crippen LogP contribution in [0.5, 0.6) is 0 Å². The molecule has 1 atom stereocenters. The van der Waals surface area contributed by atoms with Crippen LogP contribution in [0.15, 0.2) is 41.3 Å². The van der Waals surface area contributed by atoms with Crippen LogP contribution in [0.3, 0.4) is 0 Å². The van der Waals surface area contributed by atoms with E-state index in [2.05, 4.69) is 10.3 Å². The molecule has 2 amide bonds. The summed E-state index contributed by atoms with van der Waals surface area (Å²) in [5.74, 6) is 0.409. The van der Waals surface area contributed by atoms with E-state index in [0.717, 1.165) is 36.2 Å². The lowest BCUT2D eigenvalue weighted by Gasteiger charge is -2.32. The Kier molecular flexibility index (Phi) is 6.40. The predicted molar refractivity (Wildman–Crippen MR) is 134 cm³/mol. The number of aromatic nitrogens is 1. The number of sulfonamides is 1. The van der Waals surface area contributed by atoms with E-state index in [1.54, 1.807) is 24.3 Å². The van der Waals surface area contributed by atoms with Crippen molar-refractivity contribution in [3.8, 4) is 0 Å². The number of amides is 2. The predicted octanol–water partition coefficient (Wildman–Crippen LogP) is 3.51.